The SMILES string of the molecule is CCN1CCN([C@@H](c2cccs2)[C@@H](C)NC(=S)Nc2cccc(C)c2C)CC1. The van der Waals surface area contributed by atoms with Gasteiger partial charge >= 0.3 is 0 Å². The maximum atomic E-state index is 5.66. The van der Waals surface area contributed by atoms with E-state index in [2.05, 4.69) is 83.8 Å². The summed E-state index contributed by atoms with van der Waals surface area (Å²) in [6.07, 6.45) is 0. The van der Waals surface area contributed by atoms with Crippen molar-refractivity contribution in [3.8, 4) is 0 Å². The van der Waals surface area contributed by atoms with Crippen molar-refractivity contribution in [2.75, 3.05) is 38.0 Å². The van der Waals surface area contributed by atoms with Crippen LogP contribution in [0.2, 0.25) is 0 Å². The molecule has 2 heterocycles. The third-order valence-electron chi connectivity index (χ3n) is 5.77. The number of aryl methyl sites for hydroxylation is 1. The summed E-state index contributed by atoms with van der Waals surface area (Å²) in [5.41, 5.74) is 3.59. The Hall–Kier alpha value is -1.47. The van der Waals surface area contributed by atoms with Crippen molar-refractivity contribution in [3.05, 3.63) is 51.7 Å². The maximum absolute atomic E-state index is 5.66. The minimum Gasteiger partial charge on any atom is -0.358 e. The quantitative estimate of drug-likeness (QED) is 0.681. The summed E-state index contributed by atoms with van der Waals surface area (Å²) in [5, 5.41) is 9.82. The van der Waals surface area contributed by atoms with E-state index in [1.807, 2.05) is 11.3 Å². The standard InChI is InChI=1S/C22H32N4S2/c1-5-25-11-13-26(14-12-25)21(20-10-7-15-28-20)18(4)23-22(27)24-19-9-6-8-16(2)17(19)3/h6-10,15,18,21H,5,11-14H2,1-4H3,(H2,23,24,27)/t18-,21-/m1/s1. The molecule has 1 fully saturated rings. The Morgan fingerprint density at radius 3 is 2.54 bits per heavy atom. The van der Waals surface area contributed by atoms with Crippen LogP contribution in [0.4, 0.5) is 5.69 Å². The lowest BCUT2D eigenvalue weighted by atomic mass is 10.0. The van der Waals surface area contributed by atoms with E-state index in [0.717, 1.165) is 38.4 Å². The van der Waals surface area contributed by atoms with Gasteiger partial charge in [0, 0.05) is 42.8 Å². The van der Waals surface area contributed by atoms with Gasteiger partial charge in [-0.1, -0.05) is 25.1 Å². The van der Waals surface area contributed by atoms with Crippen LogP contribution in [-0.4, -0.2) is 53.7 Å². The van der Waals surface area contributed by atoms with Crippen LogP contribution in [0.5, 0.6) is 0 Å². The molecule has 3 rings (SSSR count). The molecule has 4 nitrogen and oxygen atoms in total. The zero-order valence-electron chi connectivity index (χ0n) is 17.4. The average molecular weight is 417 g/mol. The van der Waals surface area contributed by atoms with Crippen molar-refractivity contribution in [2.24, 2.45) is 0 Å². The van der Waals surface area contributed by atoms with Gasteiger partial charge in [0.15, 0.2) is 5.11 Å². The summed E-state index contributed by atoms with van der Waals surface area (Å²) in [6.45, 7) is 14.3. The Bertz CT molecular complexity index is 767. The van der Waals surface area contributed by atoms with E-state index in [1.165, 1.54) is 16.0 Å². The third kappa shape index (κ3) is 5.11. The lowest BCUT2D eigenvalue weighted by Crippen LogP contribution is -2.52. The molecule has 152 valence electrons. The van der Waals surface area contributed by atoms with Gasteiger partial charge in [0.2, 0.25) is 0 Å². The molecule has 1 saturated heterocycles. The van der Waals surface area contributed by atoms with Gasteiger partial charge in [-0.3, -0.25) is 4.90 Å². The molecule has 6 heteroatoms. The summed E-state index contributed by atoms with van der Waals surface area (Å²) in [5.74, 6) is 0. The number of hydrogen-bond acceptors (Lipinski definition) is 4. The molecule has 0 spiro atoms. The number of benzene rings is 1. The zero-order valence-corrected chi connectivity index (χ0v) is 19.0. The first kappa shape index (κ1) is 21.2. The molecule has 0 amide bonds. The molecular formula is C22H32N4S2. The number of nitrogens with one attached hydrogen (secondary N) is 2. The van der Waals surface area contributed by atoms with Crippen LogP contribution >= 0.6 is 23.6 Å². The molecule has 28 heavy (non-hydrogen) atoms. The molecular weight excluding hydrogens is 384 g/mol. The highest BCUT2D eigenvalue weighted by Crippen LogP contribution is 2.29. The summed E-state index contributed by atoms with van der Waals surface area (Å²) in [4.78, 5) is 6.53. The Balaban J connectivity index is 1.68. The predicted octanol–water partition coefficient (Wildman–Crippen LogP) is 4.42. The molecule has 1 aliphatic heterocycles. The van der Waals surface area contributed by atoms with Gasteiger partial charge in [-0.2, -0.15) is 0 Å². The van der Waals surface area contributed by atoms with Crippen LogP contribution in [0.1, 0.15) is 35.9 Å². The molecule has 1 aromatic carbocycles. The zero-order chi connectivity index (χ0) is 20.1. The van der Waals surface area contributed by atoms with Crippen LogP contribution in [-0.2, 0) is 0 Å². The normalized spacial score (nSPS) is 17.9. The number of hydrogen-bond donors (Lipinski definition) is 2. The largest absolute Gasteiger partial charge is 0.358 e. The first-order valence-electron chi connectivity index (χ1n) is 10.1. The predicted molar refractivity (Wildman–Crippen MR) is 125 cm³/mol. The van der Waals surface area contributed by atoms with E-state index in [-0.39, 0.29) is 6.04 Å². The van der Waals surface area contributed by atoms with Crippen LogP contribution in [0.25, 0.3) is 0 Å². The fourth-order valence-corrected chi connectivity index (χ4v) is 5.15. The van der Waals surface area contributed by atoms with Crippen LogP contribution in [0.3, 0.4) is 0 Å². The average Bonchev–Trinajstić information content (AvgIpc) is 3.20. The van der Waals surface area contributed by atoms with Crippen molar-refractivity contribution in [1.29, 1.82) is 0 Å². The minimum atomic E-state index is 0.219. The summed E-state index contributed by atoms with van der Waals surface area (Å²) in [6, 6.07) is 11.2. The highest BCUT2D eigenvalue weighted by molar-refractivity contribution is 7.80. The highest BCUT2D eigenvalue weighted by atomic mass is 32.1. The van der Waals surface area contributed by atoms with Crippen LogP contribution in [0.15, 0.2) is 35.7 Å². The van der Waals surface area contributed by atoms with Crippen molar-refractivity contribution < 1.29 is 0 Å². The van der Waals surface area contributed by atoms with Gasteiger partial charge < -0.3 is 15.5 Å². The molecule has 0 bridgehead atoms. The van der Waals surface area contributed by atoms with Crippen molar-refractivity contribution in [1.82, 2.24) is 15.1 Å². The van der Waals surface area contributed by atoms with E-state index in [0.29, 0.717) is 11.2 Å². The van der Waals surface area contributed by atoms with Crippen molar-refractivity contribution >= 4 is 34.4 Å². The second-order valence-corrected chi connectivity index (χ2v) is 8.95. The van der Waals surface area contributed by atoms with Gasteiger partial charge in [0.05, 0.1) is 6.04 Å². The monoisotopic (exact) mass is 416 g/mol. The van der Waals surface area contributed by atoms with Crippen LogP contribution in [0, 0.1) is 13.8 Å². The first-order chi connectivity index (χ1) is 13.5. The van der Waals surface area contributed by atoms with Gasteiger partial charge in [0.25, 0.3) is 0 Å². The fraction of sp³-hybridized carbons (Fsp3) is 0.500. The Labute approximate surface area is 178 Å². The van der Waals surface area contributed by atoms with Crippen molar-refractivity contribution in [2.45, 2.75) is 39.8 Å². The molecule has 2 N–H and O–H groups in total. The van der Waals surface area contributed by atoms with Gasteiger partial charge in [-0.05, 0) is 68.2 Å². The number of rotatable bonds is 6. The lowest BCUT2D eigenvalue weighted by Gasteiger charge is -2.41. The number of thiophene rings is 1. The first-order valence-corrected chi connectivity index (χ1v) is 11.4. The lowest BCUT2D eigenvalue weighted by molar-refractivity contribution is 0.0883. The maximum Gasteiger partial charge on any atom is 0.171 e. The molecule has 0 aliphatic carbocycles. The van der Waals surface area contributed by atoms with Gasteiger partial charge in [0.1, 0.15) is 0 Å². The van der Waals surface area contributed by atoms with Crippen LogP contribution < -0.4 is 10.6 Å². The smallest absolute Gasteiger partial charge is 0.171 e. The molecule has 1 aliphatic rings. The number of nitrogens with zero attached hydrogens (tertiary/aromatic N) is 2. The minimum absolute atomic E-state index is 0.219. The Kier molecular flexibility index (Phi) is 7.46. The molecule has 0 radical (unpaired) electrons. The second-order valence-electron chi connectivity index (χ2n) is 7.57. The Morgan fingerprint density at radius 1 is 1.14 bits per heavy atom. The van der Waals surface area contributed by atoms with Crippen molar-refractivity contribution in [3.63, 3.8) is 0 Å². The van der Waals surface area contributed by atoms with E-state index >= 15 is 0 Å². The number of anilines is 1. The van der Waals surface area contributed by atoms with Gasteiger partial charge in [-0.15, -0.1) is 11.3 Å². The molecule has 0 saturated carbocycles. The molecule has 2 aromatic rings. The number of likely N-dealkylation sites (N-methyl/N-ethyl adjacent to an activating group) is 1. The van der Waals surface area contributed by atoms with E-state index in [4.69, 9.17) is 12.2 Å². The Morgan fingerprint density at radius 2 is 1.89 bits per heavy atom. The fourth-order valence-electron chi connectivity index (χ4n) is 3.89. The van der Waals surface area contributed by atoms with E-state index in [9.17, 15) is 0 Å². The summed E-state index contributed by atoms with van der Waals surface area (Å²) < 4.78 is 0. The topological polar surface area (TPSA) is 30.5 Å². The summed E-state index contributed by atoms with van der Waals surface area (Å²) >= 11 is 7.49. The van der Waals surface area contributed by atoms with E-state index < -0.39 is 0 Å². The van der Waals surface area contributed by atoms with E-state index in [1.54, 1.807) is 0 Å². The van der Waals surface area contributed by atoms with Gasteiger partial charge in [-0.25, -0.2) is 0 Å². The number of piperazine rings is 1. The highest BCUT2D eigenvalue weighted by Gasteiger charge is 2.30. The second kappa shape index (κ2) is 9.83. The molecule has 2 atom stereocenters. The molecule has 0 unspecified atom stereocenters. The summed E-state index contributed by atoms with van der Waals surface area (Å²) in [7, 11) is 0. The third-order valence-corrected chi connectivity index (χ3v) is 6.93. The number of thiocarbonyl (C=S) groups is 1. The molecule has 1 aromatic heterocycles.